The summed E-state index contributed by atoms with van der Waals surface area (Å²) in [4.78, 5) is 38.3. The van der Waals surface area contributed by atoms with E-state index in [-0.39, 0.29) is 36.7 Å². The molecule has 174 valence electrons. The summed E-state index contributed by atoms with van der Waals surface area (Å²) in [5, 5.41) is 5.85. The Labute approximate surface area is 194 Å². The van der Waals surface area contributed by atoms with Gasteiger partial charge in [-0.1, -0.05) is 42.5 Å². The molecule has 1 saturated heterocycles. The fourth-order valence-corrected chi connectivity index (χ4v) is 3.95. The molecule has 7 nitrogen and oxygen atoms in total. The summed E-state index contributed by atoms with van der Waals surface area (Å²) in [5.41, 5.74) is 2.26. The average Bonchev–Trinajstić information content (AvgIpc) is 3.56. The maximum Gasteiger partial charge on any atom is 0.258 e. The Hall–Kier alpha value is -3.35. The lowest BCUT2D eigenvalue weighted by Crippen LogP contribution is -2.34. The number of likely N-dealkylation sites (tertiary alicyclic amines) is 1. The van der Waals surface area contributed by atoms with Crippen molar-refractivity contribution in [3.63, 3.8) is 0 Å². The molecule has 0 spiro atoms. The van der Waals surface area contributed by atoms with Crippen molar-refractivity contribution >= 4 is 17.7 Å². The highest BCUT2D eigenvalue weighted by Crippen LogP contribution is 2.19. The van der Waals surface area contributed by atoms with Crippen LogP contribution in [-0.2, 0) is 27.2 Å². The SMILES string of the molecule is O=C(COc1ccc(CCNC(=O)C2CC(=O)N(CCc3ccccc3)C2)cc1)NC1CC1. The molecule has 7 heteroatoms. The second kappa shape index (κ2) is 11.0. The number of rotatable bonds is 11. The fraction of sp³-hybridized carbons (Fsp3) is 0.423. The summed E-state index contributed by atoms with van der Waals surface area (Å²) < 4.78 is 5.51. The molecule has 1 unspecified atom stereocenters. The van der Waals surface area contributed by atoms with E-state index in [2.05, 4.69) is 22.8 Å². The van der Waals surface area contributed by atoms with Crippen LogP contribution in [0.15, 0.2) is 54.6 Å². The lowest BCUT2D eigenvalue weighted by atomic mass is 10.1. The molecule has 1 aliphatic heterocycles. The number of amides is 3. The van der Waals surface area contributed by atoms with Gasteiger partial charge in [-0.3, -0.25) is 14.4 Å². The number of hydrogen-bond donors (Lipinski definition) is 2. The Morgan fingerprint density at radius 1 is 0.970 bits per heavy atom. The van der Waals surface area contributed by atoms with E-state index >= 15 is 0 Å². The van der Waals surface area contributed by atoms with Crippen molar-refractivity contribution in [2.45, 2.75) is 38.1 Å². The predicted octanol–water partition coefficient (Wildman–Crippen LogP) is 2.09. The zero-order chi connectivity index (χ0) is 23.0. The Morgan fingerprint density at radius 3 is 2.42 bits per heavy atom. The summed E-state index contributed by atoms with van der Waals surface area (Å²) in [6.07, 6.45) is 3.88. The molecule has 2 fully saturated rings. The molecule has 0 radical (unpaired) electrons. The molecule has 0 aromatic heterocycles. The first-order valence-electron chi connectivity index (χ1n) is 11.7. The van der Waals surface area contributed by atoms with Gasteiger partial charge in [-0.15, -0.1) is 0 Å². The minimum absolute atomic E-state index is 0.0222. The quantitative estimate of drug-likeness (QED) is 0.550. The molecule has 1 heterocycles. The number of hydrogen-bond acceptors (Lipinski definition) is 4. The zero-order valence-corrected chi connectivity index (χ0v) is 18.8. The Balaban J connectivity index is 1.14. The van der Waals surface area contributed by atoms with Crippen LogP contribution in [0.2, 0.25) is 0 Å². The van der Waals surface area contributed by atoms with E-state index in [1.807, 2.05) is 42.5 Å². The first kappa shape index (κ1) is 22.8. The van der Waals surface area contributed by atoms with E-state index in [0.29, 0.717) is 37.8 Å². The van der Waals surface area contributed by atoms with E-state index in [9.17, 15) is 14.4 Å². The van der Waals surface area contributed by atoms with Gasteiger partial charge in [0, 0.05) is 32.1 Å². The minimum Gasteiger partial charge on any atom is -0.484 e. The van der Waals surface area contributed by atoms with Crippen molar-refractivity contribution in [2.24, 2.45) is 5.92 Å². The van der Waals surface area contributed by atoms with Gasteiger partial charge in [-0.05, 0) is 48.9 Å². The molecule has 1 saturated carbocycles. The fourth-order valence-electron chi connectivity index (χ4n) is 3.95. The molecule has 33 heavy (non-hydrogen) atoms. The van der Waals surface area contributed by atoms with Gasteiger partial charge in [0.2, 0.25) is 11.8 Å². The molecule has 2 N–H and O–H groups in total. The third-order valence-electron chi connectivity index (χ3n) is 6.05. The van der Waals surface area contributed by atoms with Gasteiger partial charge < -0.3 is 20.3 Å². The minimum atomic E-state index is -0.286. The Morgan fingerprint density at radius 2 is 1.70 bits per heavy atom. The molecule has 0 bridgehead atoms. The summed E-state index contributed by atoms with van der Waals surface area (Å²) >= 11 is 0. The number of ether oxygens (including phenoxy) is 1. The van der Waals surface area contributed by atoms with Crippen molar-refractivity contribution in [3.8, 4) is 5.75 Å². The standard InChI is InChI=1S/C26H31N3O4/c30-24(28-22-8-9-22)18-33-23-10-6-20(7-11-23)12-14-27-26(32)21-16-25(31)29(17-21)15-13-19-4-2-1-3-5-19/h1-7,10-11,21-22H,8-9,12-18H2,(H,27,32)(H,28,30). The number of benzene rings is 2. The van der Waals surface area contributed by atoms with Crippen LogP contribution in [0.5, 0.6) is 5.75 Å². The predicted molar refractivity (Wildman–Crippen MR) is 125 cm³/mol. The van der Waals surface area contributed by atoms with Crippen LogP contribution in [0, 0.1) is 5.92 Å². The van der Waals surface area contributed by atoms with Gasteiger partial charge in [0.15, 0.2) is 6.61 Å². The van der Waals surface area contributed by atoms with Crippen LogP contribution in [-0.4, -0.2) is 54.9 Å². The van der Waals surface area contributed by atoms with E-state index in [1.54, 1.807) is 4.90 Å². The molecular weight excluding hydrogens is 418 g/mol. The Kier molecular flexibility index (Phi) is 7.60. The van der Waals surface area contributed by atoms with Crippen LogP contribution in [0.4, 0.5) is 0 Å². The lowest BCUT2D eigenvalue weighted by molar-refractivity contribution is -0.129. The van der Waals surface area contributed by atoms with Gasteiger partial charge >= 0.3 is 0 Å². The number of nitrogens with zero attached hydrogens (tertiary/aromatic N) is 1. The molecule has 4 rings (SSSR count). The number of carbonyl (C=O) groups excluding carboxylic acids is 3. The van der Waals surface area contributed by atoms with Crippen LogP contribution in [0.1, 0.15) is 30.4 Å². The molecular formula is C26H31N3O4. The molecule has 3 amide bonds. The van der Waals surface area contributed by atoms with Crippen LogP contribution >= 0.6 is 0 Å². The van der Waals surface area contributed by atoms with E-state index in [1.165, 1.54) is 5.56 Å². The first-order chi connectivity index (χ1) is 16.1. The highest BCUT2D eigenvalue weighted by molar-refractivity contribution is 5.89. The van der Waals surface area contributed by atoms with Crippen LogP contribution in [0.25, 0.3) is 0 Å². The van der Waals surface area contributed by atoms with E-state index in [4.69, 9.17) is 4.74 Å². The highest BCUT2D eigenvalue weighted by Gasteiger charge is 2.33. The number of nitrogens with one attached hydrogen (secondary N) is 2. The molecule has 2 aromatic carbocycles. The normalized spacial score (nSPS) is 17.6. The lowest BCUT2D eigenvalue weighted by Gasteiger charge is -2.16. The maximum atomic E-state index is 12.5. The molecule has 2 aromatic rings. The molecule has 2 aliphatic rings. The second-order valence-electron chi connectivity index (χ2n) is 8.79. The first-order valence-corrected chi connectivity index (χ1v) is 11.7. The molecule has 1 atom stereocenters. The van der Waals surface area contributed by atoms with Gasteiger partial charge in [0.1, 0.15) is 5.75 Å². The maximum absolute atomic E-state index is 12.5. The van der Waals surface area contributed by atoms with Gasteiger partial charge in [-0.25, -0.2) is 0 Å². The van der Waals surface area contributed by atoms with Gasteiger partial charge in [-0.2, -0.15) is 0 Å². The number of carbonyl (C=O) groups is 3. The molecule has 1 aliphatic carbocycles. The van der Waals surface area contributed by atoms with E-state index in [0.717, 1.165) is 24.8 Å². The third kappa shape index (κ3) is 7.07. The highest BCUT2D eigenvalue weighted by atomic mass is 16.5. The smallest absolute Gasteiger partial charge is 0.258 e. The van der Waals surface area contributed by atoms with E-state index < -0.39 is 0 Å². The summed E-state index contributed by atoms with van der Waals surface area (Å²) in [6, 6.07) is 17.9. The monoisotopic (exact) mass is 449 g/mol. The second-order valence-corrected chi connectivity index (χ2v) is 8.79. The van der Waals surface area contributed by atoms with Crippen molar-refractivity contribution in [2.75, 3.05) is 26.2 Å². The zero-order valence-electron chi connectivity index (χ0n) is 18.8. The summed E-state index contributed by atoms with van der Waals surface area (Å²) in [6.45, 7) is 1.66. The van der Waals surface area contributed by atoms with Crippen LogP contribution in [0.3, 0.4) is 0 Å². The van der Waals surface area contributed by atoms with Crippen molar-refractivity contribution in [1.82, 2.24) is 15.5 Å². The van der Waals surface area contributed by atoms with Crippen molar-refractivity contribution < 1.29 is 19.1 Å². The summed E-state index contributed by atoms with van der Waals surface area (Å²) in [7, 11) is 0. The average molecular weight is 450 g/mol. The third-order valence-corrected chi connectivity index (χ3v) is 6.05. The Bertz CT molecular complexity index is 957. The van der Waals surface area contributed by atoms with Crippen LogP contribution < -0.4 is 15.4 Å². The van der Waals surface area contributed by atoms with Gasteiger partial charge in [0.25, 0.3) is 5.91 Å². The summed E-state index contributed by atoms with van der Waals surface area (Å²) in [5.74, 6) is 0.257. The largest absolute Gasteiger partial charge is 0.484 e. The topological polar surface area (TPSA) is 87.7 Å². The van der Waals surface area contributed by atoms with Gasteiger partial charge in [0.05, 0.1) is 5.92 Å². The van der Waals surface area contributed by atoms with Crippen molar-refractivity contribution in [3.05, 3.63) is 65.7 Å². The van der Waals surface area contributed by atoms with Crippen molar-refractivity contribution in [1.29, 1.82) is 0 Å².